The lowest BCUT2D eigenvalue weighted by Gasteiger charge is -2.32. The molecule has 1 aromatic heterocycles. The summed E-state index contributed by atoms with van der Waals surface area (Å²) in [7, 11) is 4.15. The van der Waals surface area contributed by atoms with Gasteiger partial charge in [-0.15, -0.1) is 0 Å². The summed E-state index contributed by atoms with van der Waals surface area (Å²) in [6.45, 7) is 2.27. The molecule has 25 heavy (non-hydrogen) atoms. The van der Waals surface area contributed by atoms with Crippen LogP contribution in [0.3, 0.4) is 0 Å². The Balaban J connectivity index is 1.75. The molecule has 4 nitrogen and oxygen atoms in total. The lowest BCUT2D eigenvalue weighted by Crippen LogP contribution is -2.35. The average Bonchev–Trinajstić information content (AvgIpc) is 3.21. The molecule has 0 bridgehead atoms. The van der Waals surface area contributed by atoms with Gasteiger partial charge in [-0.05, 0) is 36.2 Å². The number of aromatic nitrogens is 1. The van der Waals surface area contributed by atoms with Crippen LogP contribution in [0.15, 0.2) is 53.7 Å². The molecule has 1 aromatic carbocycles. The van der Waals surface area contributed by atoms with E-state index in [0.29, 0.717) is 6.04 Å². The number of amidine groups is 1. The second-order valence-corrected chi connectivity index (χ2v) is 7.81. The van der Waals surface area contributed by atoms with Gasteiger partial charge in [0, 0.05) is 37.8 Å². The summed E-state index contributed by atoms with van der Waals surface area (Å²) in [6, 6.07) is 15.9. The lowest BCUT2D eigenvalue weighted by atomic mass is 9.95. The summed E-state index contributed by atoms with van der Waals surface area (Å²) in [5, 5.41) is 1.18. The van der Waals surface area contributed by atoms with E-state index in [1.807, 2.05) is 24.0 Å². The fourth-order valence-electron chi connectivity index (χ4n) is 3.68. The summed E-state index contributed by atoms with van der Waals surface area (Å²) in [5.41, 5.74) is 3.60. The zero-order valence-electron chi connectivity index (χ0n) is 15.0. The summed E-state index contributed by atoms with van der Waals surface area (Å²) >= 11 is 1.89. The topological polar surface area (TPSA) is 31.7 Å². The highest BCUT2D eigenvalue weighted by Gasteiger charge is 2.45. The van der Waals surface area contributed by atoms with Crippen molar-refractivity contribution in [3.63, 3.8) is 0 Å². The van der Waals surface area contributed by atoms with Gasteiger partial charge in [-0.25, -0.2) is 0 Å². The van der Waals surface area contributed by atoms with Crippen LogP contribution in [-0.2, 0) is 0 Å². The highest BCUT2D eigenvalue weighted by molar-refractivity contribution is 8.14. The van der Waals surface area contributed by atoms with Crippen molar-refractivity contribution in [2.24, 2.45) is 4.99 Å². The van der Waals surface area contributed by atoms with Crippen molar-refractivity contribution < 1.29 is 0 Å². The second-order valence-electron chi connectivity index (χ2n) is 6.82. The number of hydrogen-bond donors (Lipinski definition) is 0. The van der Waals surface area contributed by atoms with Gasteiger partial charge in [-0.2, -0.15) is 0 Å². The lowest BCUT2D eigenvalue weighted by molar-refractivity contribution is 0.255. The van der Waals surface area contributed by atoms with E-state index in [2.05, 4.69) is 72.2 Å². The molecule has 2 aromatic rings. The largest absolute Gasteiger partial charge is 0.378 e. The van der Waals surface area contributed by atoms with Crippen molar-refractivity contribution >= 4 is 22.6 Å². The number of anilines is 1. The normalized spacial score (nSPS) is 25.0. The first kappa shape index (κ1) is 16.5. The molecule has 1 fully saturated rings. The fraction of sp³-hybridized carbons (Fsp3) is 0.400. The second kappa shape index (κ2) is 6.71. The van der Waals surface area contributed by atoms with Gasteiger partial charge in [-0.1, -0.05) is 36.9 Å². The quantitative estimate of drug-likeness (QED) is 0.828. The molecule has 0 aliphatic carbocycles. The third kappa shape index (κ3) is 2.91. The van der Waals surface area contributed by atoms with Gasteiger partial charge < -0.3 is 9.80 Å². The Morgan fingerprint density at radius 3 is 2.60 bits per heavy atom. The summed E-state index contributed by atoms with van der Waals surface area (Å²) in [4.78, 5) is 14.3. The molecule has 0 radical (unpaired) electrons. The Labute approximate surface area is 154 Å². The molecule has 130 valence electrons. The number of hydrogen-bond acceptors (Lipinski definition) is 5. The molecular weight excluding hydrogens is 328 g/mol. The number of thioether (sulfide) groups is 1. The number of fused-ring (bicyclic) bond motifs is 1. The maximum atomic E-state index is 5.07. The third-order valence-corrected chi connectivity index (χ3v) is 6.21. The molecule has 0 saturated carbocycles. The SMILES string of the molecule is CC[C@@H]1CSC2=N[C@@H](c3ccccn3)[C@H](c3ccc(N(C)C)cc3)N21. The van der Waals surface area contributed by atoms with E-state index < -0.39 is 0 Å². The van der Waals surface area contributed by atoms with Crippen LogP contribution in [0.2, 0.25) is 0 Å². The van der Waals surface area contributed by atoms with Crippen molar-refractivity contribution in [2.45, 2.75) is 31.5 Å². The highest BCUT2D eigenvalue weighted by atomic mass is 32.2. The van der Waals surface area contributed by atoms with Gasteiger partial charge in [0.15, 0.2) is 5.17 Å². The Morgan fingerprint density at radius 1 is 1.16 bits per heavy atom. The van der Waals surface area contributed by atoms with Gasteiger partial charge in [0.05, 0.1) is 11.7 Å². The van der Waals surface area contributed by atoms with Crippen molar-refractivity contribution in [1.82, 2.24) is 9.88 Å². The molecule has 0 N–H and O–H groups in total. The van der Waals surface area contributed by atoms with Crippen molar-refractivity contribution in [3.8, 4) is 0 Å². The summed E-state index contributed by atoms with van der Waals surface area (Å²) < 4.78 is 0. The van der Waals surface area contributed by atoms with Gasteiger partial charge in [-0.3, -0.25) is 9.98 Å². The number of aliphatic imine (C=N–C) groups is 1. The molecule has 0 spiro atoms. The van der Waals surface area contributed by atoms with Crippen molar-refractivity contribution in [2.75, 3.05) is 24.7 Å². The van der Waals surface area contributed by atoms with E-state index in [-0.39, 0.29) is 12.1 Å². The van der Waals surface area contributed by atoms with Crippen LogP contribution in [0.4, 0.5) is 5.69 Å². The molecule has 3 atom stereocenters. The monoisotopic (exact) mass is 352 g/mol. The van der Waals surface area contributed by atoms with Crippen LogP contribution in [0.25, 0.3) is 0 Å². The third-order valence-electron chi connectivity index (χ3n) is 5.08. The van der Waals surface area contributed by atoms with Gasteiger partial charge >= 0.3 is 0 Å². The number of nitrogens with zero attached hydrogens (tertiary/aromatic N) is 4. The van der Waals surface area contributed by atoms with Gasteiger partial charge in [0.2, 0.25) is 0 Å². The van der Waals surface area contributed by atoms with E-state index >= 15 is 0 Å². The minimum atomic E-state index is 0.0725. The zero-order valence-corrected chi connectivity index (χ0v) is 15.8. The van der Waals surface area contributed by atoms with E-state index in [1.54, 1.807) is 0 Å². The standard InChI is InChI=1S/C20H24N4S/c1-4-15-13-25-20-22-18(17-7-5-6-12-21-17)19(24(15)20)14-8-10-16(11-9-14)23(2)3/h5-12,15,18-19H,4,13H2,1-3H3/t15-,18+,19+/m1/s1. The first-order valence-corrected chi connectivity index (χ1v) is 9.84. The molecule has 1 saturated heterocycles. The molecule has 2 aliphatic heterocycles. The molecule has 5 heteroatoms. The van der Waals surface area contributed by atoms with E-state index in [0.717, 1.165) is 17.9 Å². The number of pyridine rings is 1. The Bertz CT molecular complexity index is 757. The van der Waals surface area contributed by atoms with E-state index in [9.17, 15) is 0 Å². The first-order chi connectivity index (χ1) is 12.2. The van der Waals surface area contributed by atoms with Crippen LogP contribution < -0.4 is 4.90 Å². The molecule has 2 aliphatic rings. The zero-order chi connectivity index (χ0) is 17.4. The number of benzene rings is 1. The maximum absolute atomic E-state index is 5.07. The van der Waals surface area contributed by atoms with Gasteiger partial charge in [0.1, 0.15) is 6.04 Å². The first-order valence-electron chi connectivity index (χ1n) is 8.86. The maximum Gasteiger partial charge on any atom is 0.160 e. The van der Waals surface area contributed by atoms with Crippen LogP contribution in [-0.4, -0.2) is 40.9 Å². The molecule has 4 rings (SSSR count). The average molecular weight is 353 g/mol. The number of rotatable bonds is 4. The summed E-state index contributed by atoms with van der Waals surface area (Å²) in [5.74, 6) is 1.14. The van der Waals surface area contributed by atoms with E-state index in [4.69, 9.17) is 4.99 Å². The Morgan fingerprint density at radius 2 is 1.96 bits per heavy atom. The van der Waals surface area contributed by atoms with Crippen molar-refractivity contribution in [1.29, 1.82) is 0 Å². The molecule has 0 unspecified atom stereocenters. The predicted octanol–water partition coefficient (Wildman–Crippen LogP) is 4.13. The highest BCUT2D eigenvalue weighted by Crippen LogP contribution is 2.48. The molecule has 0 amide bonds. The van der Waals surface area contributed by atoms with Crippen LogP contribution in [0.5, 0.6) is 0 Å². The van der Waals surface area contributed by atoms with Crippen LogP contribution in [0, 0.1) is 0 Å². The van der Waals surface area contributed by atoms with Gasteiger partial charge in [0.25, 0.3) is 0 Å². The Hall–Kier alpha value is -2.01. The van der Waals surface area contributed by atoms with E-state index in [1.165, 1.54) is 16.4 Å². The molecule has 3 heterocycles. The van der Waals surface area contributed by atoms with Crippen LogP contribution >= 0.6 is 11.8 Å². The van der Waals surface area contributed by atoms with Crippen LogP contribution in [0.1, 0.15) is 36.7 Å². The summed E-state index contributed by atoms with van der Waals surface area (Å²) in [6.07, 6.45) is 3.02. The van der Waals surface area contributed by atoms with Crippen molar-refractivity contribution in [3.05, 3.63) is 59.9 Å². The fourth-order valence-corrected chi connectivity index (χ4v) is 5.02. The minimum absolute atomic E-state index is 0.0725. The minimum Gasteiger partial charge on any atom is -0.378 e. The smallest absolute Gasteiger partial charge is 0.160 e. The Kier molecular flexibility index (Phi) is 4.42. The molecular formula is C20H24N4S. The predicted molar refractivity (Wildman–Crippen MR) is 106 cm³/mol.